The van der Waals surface area contributed by atoms with E-state index in [2.05, 4.69) is 0 Å². The molecule has 2 bridgehead atoms. The molecule has 4 rings (SSSR count). The molecule has 6 heteroatoms. The van der Waals surface area contributed by atoms with Gasteiger partial charge in [0.05, 0.1) is 5.60 Å². The van der Waals surface area contributed by atoms with Crippen molar-refractivity contribution in [1.29, 1.82) is 0 Å². The SMILES string of the molecule is CO[C@@]12C=C[C@@H](C[C@]1(C)O)c1c(F)c(F)c(F)c(F)c12. The average Bonchev–Trinajstić information content (AvgIpc) is 2.41. The molecule has 0 unspecified atom stereocenters. The second-order valence-corrected chi connectivity index (χ2v) is 5.43. The van der Waals surface area contributed by atoms with Gasteiger partial charge in [0.2, 0.25) is 0 Å². The van der Waals surface area contributed by atoms with Crippen LogP contribution in [0.5, 0.6) is 0 Å². The van der Waals surface area contributed by atoms with Crippen LogP contribution in [0.25, 0.3) is 0 Å². The number of benzene rings is 1. The van der Waals surface area contributed by atoms with Crippen molar-refractivity contribution in [3.05, 3.63) is 46.5 Å². The molecule has 0 aromatic heterocycles. The molecule has 1 aromatic rings. The first kappa shape index (κ1) is 13.6. The Balaban J connectivity index is 2.45. The van der Waals surface area contributed by atoms with E-state index < -0.39 is 46.0 Å². The Kier molecular flexibility index (Phi) is 2.60. The number of aliphatic hydroxyl groups is 1. The smallest absolute Gasteiger partial charge is 0.197 e. The van der Waals surface area contributed by atoms with E-state index in [0.29, 0.717) is 0 Å². The molecule has 0 saturated carbocycles. The molecule has 0 spiro atoms. The summed E-state index contributed by atoms with van der Waals surface area (Å²) < 4.78 is 60.3. The second kappa shape index (κ2) is 3.83. The molecule has 3 aliphatic carbocycles. The Labute approximate surface area is 112 Å². The first-order valence-corrected chi connectivity index (χ1v) is 6.10. The molecule has 20 heavy (non-hydrogen) atoms. The quantitative estimate of drug-likeness (QED) is 0.373. The maximum absolute atomic E-state index is 14.2. The number of hydrogen-bond donors (Lipinski definition) is 1. The van der Waals surface area contributed by atoms with Crippen LogP contribution in [0.2, 0.25) is 0 Å². The van der Waals surface area contributed by atoms with Gasteiger partial charge in [0.1, 0.15) is 5.60 Å². The van der Waals surface area contributed by atoms with Crippen LogP contribution in [0, 0.1) is 23.3 Å². The van der Waals surface area contributed by atoms with Gasteiger partial charge in [0.25, 0.3) is 0 Å². The molecule has 108 valence electrons. The maximum Gasteiger partial charge on any atom is 0.197 e. The normalized spacial score (nSPS) is 34.5. The Hall–Kier alpha value is -1.40. The third kappa shape index (κ3) is 1.31. The van der Waals surface area contributed by atoms with E-state index in [1.165, 1.54) is 26.2 Å². The van der Waals surface area contributed by atoms with E-state index in [1.807, 2.05) is 0 Å². The molecule has 0 heterocycles. The van der Waals surface area contributed by atoms with E-state index in [0.717, 1.165) is 0 Å². The Morgan fingerprint density at radius 3 is 2.30 bits per heavy atom. The van der Waals surface area contributed by atoms with Gasteiger partial charge >= 0.3 is 0 Å². The van der Waals surface area contributed by atoms with Gasteiger partial charge in [-0.1, -0.05) is 6.08 Å². The molecule has 1 N–H and O–H groups in total. The minimum atomic E-state index is -1.89. The Morgan fingerprint density at radius 2 is 1.75 bits per heavy atom. The van der Waals surface area contributed by atoms with Crippen molar-refractivity contribution in [2.45, 2.75) is 30.5 Å². The van der Waals surface area contributed by atoms with E-state index in [9.17, 15) is 22.7 Å². The zero-order valence-electron chi connectivity index (χ0n) is 10.8. The highest BCUT2D eigenvalue weighted by molar-refractivity contribution is 5.52. The first-order valence-electron chi connectivity index (χ1n) is 6.10. The fourth-order valence-corrected chi connectivity index (χ4v) is 3.38. The lowest BCUT2D eigenvalue weighted by atomic mass is 9.60. The Morgan fingerprint density at radius 1 is 1.15 bits per heavy atom. The number of methoxy groups -OCH3 is 1. The molecule has 0 fully saturated rings. The number of fused-ring (bicyclic) bond motifs is 1. The monoisotopic (exact) mass is 288 g/mol. The lowest BCUT2D eigenvalue weighted by molar-refractivity contribution is -0.157. The third-order valence-corrected chi connectivity index (χ3v) is 4.35. The maximum atomic E-state index is 14.2. The highest BCUT2D eigenvalue weighted by atomic mass is 19.2. The van der Waals surface area contributed by atoms with Crippen LogP contribution in [0.1, 0.15) is 30.4 Å². The average molecular weight is 288 g/mol. The van der Waals surface area contributed by atoms with Crippen molar-refractivity contribution in [1.82, 2.24) is 0 Å². The summed E-state index contributed by atoms with van der Waals surface area (Å²) in [6.07, 6.45) is 2.93. The van der Waals surface area contributed by atoms with E-state index in [1.54, 1.807) is 0 Å². The van der Waals surface area contributed by atoms with Gasteiger partial charge in [-0.3, -0.25) is 0 Å². The Bertz CT molecular complexity index is 639. The van der Waals surface area contributed by atoms with Gasteiger partial charge in [-0.25, -0.2) is 17.6 Å². The van der Waals surface area contributed by atoms with Crippen molar-refractivity contribution in [2.75, 3.05) is 7.11 Å². The molecule has 1 aromatic carbocycles. The van der Waals surface area contributed by atoms with E-state index in [-0.39, 0.29) is 12.0 Å². The molecular weight excluding hydrogens is 276 g/mol. The zero-order valence-corrected chi connectivity index (χ0v) is 10.8. The van der Waals surface area contributed by atoms with Gasteiger partial charge in [0, 0.05) is 24.2 Å². The first-order chi connectivity index (χ1) is 9.27. The number of rotatable bonds is 1. The van der Waals surface area contributed by atoms with Crippen LogP contribution in [0.4, 0.5) is 17.6 Å². The fourth-order valence-electron chi connectivity index (χ4n) is 3.38. The van der Waals surface area contributed by atoms with Gasteiger partial charge < -0.3 is 9.84 Å². The highest BCUT2D eigenvalue weighted by Gasteiger charge is 2.58. The predicted octanol–water partition coefficient (Wildman–Crippen LogP) is 2.89. The molecule has 0 aliphatic heterocycles. The van der Waals surface area contributed by atoms with Crippen LogP contribution < -0.4 is 0 Å². The summed E-state index contributed by atoms with van der Waals surface area (Å²) in [4.78, 5) is 0. The number of ether oxygens (including phenoxy) is 1. The van der Waals surface area contributed by atoms with Crippen LogP contribution in [-0.2, 0) is 10.3 Å². The molecule has 2 nitrogen and oxygen atoms in total. The minimum absolute atomic E-state index is 0.0335. The molecule has 0 radical (unpaired) electrons. The summed E-state index contributed by atoms with van der Waals surface area (Å²) in [6.45, 7) is 1.40. The summed E-state index contributed by atoms with van der Waals surface area (Å²) in [7, 11) is 1.20. The number of hydrogen-bond acceptors (Lipinski definition) is 2. The predicted molar refractivity (Wildman–Crippen MR) is 62.1 cm³/mol. The van der Waals surface area contributed by atoms with Gasteiger partial charge in [-0.05, 0) is 19.4 Å². The van der Waals surface area contributed by atoms with Gasteiger partial charge in [-0.2, -0.15) is 0 Å². The van der Waals surface area contributed by atoms with Crippen LogP contribution in [-0.4, -0.2) is 17.8 Å². The standard InChI is InChI=1S/C14H12F4O2/c1-13(19)5-6-3-4-14(13,20-2)8-7(6)9(15)11(17)12(18)10(8)16/h3-4,6,19H,5H2,1-2H3/t6-,13-,14+/m0/s1. The van der Waals surface area contributed by atoms with E-state index >= 15 is 0 Å². The van der Waals surface area contributed by atoms with Gasteiger partial charge in [0.15, 0.2) is 23.3 Å². The lowest BCUT2D eigenvalue weighted by Gasteiger charge is -2.52. The van der Waals surface area contributed by atoms with Crippen molar-refractivity contribution >= 4 is 0 Å². The third-order valence-electron chi connectivity index (χ3n) is 4.35. The summed E-state index contributed by atoms with van der Waals surface area (Å²) >= 11 is 0. The number of allylic oxidation sites excluding steroid dienone is 1. The molecule has 0 amide bonds. The van der Waals surface area contributed by atoms with Gasteiger partial charge in [-0.15, -0.1) is 0 Å². The van der Waals surface area contributed by atoms with Crippen molar-refractivity contribution in [3.8, 4) is 0 Å². The van der Waals surface area contributed by atoms with Crippen LogP contribution in [0.15, 0.2) is 12.2 Å². The fraction of sp³-hybridized carbons (Fsp3) is 0.429. The molecular formula is C14H12F4O2. The second-order valence-electron chi connectivity index (χ2n) is 5.43. The molecule has 3 atom stereocenters. The van der Waals surface area contributed by atoms with E-state index in [4.69, 9.17) is 4.74 Å². The summed E-state index contributed by atoms with van der Waals surface area (Å²) in [5.74, 6) is -7.40. The van der Waals surface area contributed by atoms with Crippen molar-refractivity contribution < 1.29 is 27.4 Å². The molecule has 3 aliphatic rings. The van der Waals surface area contributed by atoms with Crippen molar-refractivity contribution in [2.24, 2.45) is 0 Å². The summed E-state index contributed by atoms with van der Waals surface area (Å²) in [6, 6.07) is 0. The lowest BCUT2D eigenvalue weighted by Crippen LogP contribution is -2.57. The highest BCUT2D eigenvalue weighted by Crippen LogP contribution is 2.56. The van der Waals surface area contributed by atoms with Crippen LogP contribution >= 0.6 is 0 Å². The topological polar surface area (TPSA) is 29.5 Å². The minimum Gasteiger partial charge on any atom is -0.386 e. The summed E-state index contributed by atoms with van der Waals surface area (Å²) in [5, 5.41) is 10.5. The largest absolute Gasteiger partial charge is 0.386 e. The molecule has 0 saturated heterocycles. The van der Waals surface area contributed by atoms with Crippen LogP contribution in [0.3, 0.4) is 0 Å². The van der Waals surface area contributed by atoms with Crippen molar-refractivity contribution in [3.63, 3.8) is 0 Å². The summed E-state index contributed by atoms with van der Waals surface area (Å²) in [5.41, 5.74) is -4.01. The number of halogens is 4. The zero-order chi connectivity index (χ0) is 14.9.